The van der Waals surface area contributed by atoms with Crippen LogP contribution in [0, 0.1) is 0 Å². The molecular formula is C12H23NO2S. The standard InChI is InChI=1S/C12H23NO2S/c1-16-12(7-3-2-4-8-12)10-13-11(15)6-5-9-14/h14H,2-10H2,1H3,(H,13,15). The minimum atomic E-state index is 0.0769. The van der Waals surface area contributed by atoms with Gasteiger partial charge in [-0.05, 0) is 25.5 Å². The molecule has 94 valence electrons. The molecule has 0 aromatic rings. The number of nitrogens with one attached hydrogen (secondary N) is 1. The van der Waals surface area contributed by atoms with Gasteiger partial charge in [0.1, 0.15) is 0 Å². The topological polar surface area (TPSA) is 49.3 Å². The zero-order valence-corrected chi connectivity index (χ0v) is 10.9. The molecule has 1 fully saturated rings. The van der Waals surface area contributed by atoms with Crippen molar-refractivity contribution in [3.05, 3.63) is 0 Å². The molecular weight excluding hydrogens is 222 g/mol. The van der Waals surface area contributed by atoms with Gasteiger partial charge in [-0.1, -0.05) is 19.3 Å². The number of hydrogen-bond donors (Lipinski definition) is 2. The van der Waals surface area contributed by atoms with Gasteiger partial charge in [0.05, 0.1) is 0 Å². The van der Waals surface area contributed by atoms with Crippen molar-refractivity contribution in [1.29, 1.82) is 0 Å². The number of rotatable bonds is 6. The number of aliphatic hydroxyl groups excluding tert-OH is 1. The minimum absolute atomic E-state index is 0.0769. The second kappa shape index (κ2) is 7.17. The van der Waals surface area contributed by atoms with E-state index in [1.165, 1.54) is 32.1 Å². The third kappa shape index (κ3) is 4.34. The lowest BCUT2D eigenvalue weighted by molar-refractivity contribution is -0.121. The molecule has 0 spiro atoms. The SMILES string of the molecule is CSC1(CNC(=O)CCCO)CCCCC1. The summed E-state index contributed by atoms with van der Waals surface area (Å²) in [7, 11) is 0. The van der Waals surface area contributed by atoms with Crippen LogP contribution in [-0.4, -0.2) is 35.2 Å². The predicted octanol–water partition coefficient (Wildman–Crippen LogP) is 1.94. The molecule has 1 aliphatic rings. The molecule has 0 aromatic carbocycles. The zero-order chi connectivity index (χ0) is 11.9. The lowest BCUT2D eigenvalue weighted by Crippen LogP contribution is -2.41. The van der Waals surface area contributed by atoms with Gasteiger partial charge < -0.3 is 10.4 Å². The van der Waals surface area contributed by atoms with Crippen LogP contribution in [0.4, 0.5) is 0 Å². The van der Waals surface area contributed by atoms with Crippen LogP contribution >= 0.6 is 11.8 Å². The van der Waals surface area contributed by atoms with Gasteiger partial charge in [0.15, 0.2) is 0 Å². The summed E-state index contributed by atoms with van der Waals surface area (Å²) in [6, 6.07) is 0. The van der Waals surface area contributed by atoms with Crippen molar-refractivity contribution in [2.45, 2.75) is 49.7 Å². The van der Waals surface area contributed by atoms with Crippen LogP contribution in [0.3, 0.4) is 0 Å². The highest BCUT2D eigenvalue weighted by atomic mass is 32.2. The molecule has 0 saturated heterocycles. The molecule has 0 atom stereocenters. The fourth-order valence-corrected chi connectivity index (χ4v) is 3.15. The largest absolute Gasteiger partial charge is 0.396 e. The number of carbonyl (C=O) groups is 1. The maximum Gasteiger partial charge on any atom is 0.220 e. The lowest BCUT2D eigenvalue weighted by Gasteiger charge is -2.35. The maximum absolute atomic E-state index is 11.5. The highest BCUT2D eigenvalue weighted by Crippen LogP contribution is 2.37. The van der Waals surface area contributed by atoms with Crippen LogP contribution in [0.25, 0.3) is 0 Å². The van der Waals surface area contributed by atoms with E-state index < -0.39 is 0 Å². The molecule has 1 amide bonds. The van der Waals surface area contributed by atoms with Gasteiger partial charge in [0.25, 0.3) is 0 Å². The highest BCUT2D eigenvalue weighted by molar-refractivity contribution is 8.00. The molecule has 4 heteroatoms. The molecule has 0 aliphatic heterocycles. The first-order chi connectivity index (χ1) is 7.72. The van der Waals surface area contributed by atoms with Crippen LogP contribution in [0.2, 0.25) is 0 Å². The first kappa shape index (κ1) is 13.8. The fourth-order valence-electron chi connectivity index (χ4n) is 2.24. The normalized spacial score (nSPS) is 19.4. The smallest absolute Gasteiger partial charge is 0.220 e. The Morgan fingerprint density at radius 1 is 1.38 bits per heavy atom. The van der Waals surface area contributed by atoms with Gasteiger partial charge in [-0.15, -0.1) is 0 Å². The second-order valence-electron chi connectivity index (χ2n) is 4.55. The Balaban J connectivity index is 2.30. The Kier molecular flexibility index (Phi) is 6.21. The van der Waals surface area contributed by atoms with E-state index in [0.29, 0.717) is 12.8 Å². The monoisotopic (exact) mass is 245 g/mol. The van der Waals surface area contributed by atoms with E-state index >= 15 is 0 Å². The van der Waals surface area contributed by atoms with Crippen molar-refractivity contribution in [2.75, 3.05) is 19.4 Å². The maximum atomic E-state index is 11.5. The molecule has 0 heterocycles. The van der Waals surface area contributed by atoms with Crippen LogP contribution < -0.4 is 5.32 Å². The van der Waals surface area contributed by atoms with Crippen LogP contribution in [-0.2, 0) is 4.79 Å². The van der Waals surface area contributed by atoms with Gasteiger partial charge >= 0.3 is 0 Å². The molecule has 0 unspecified atom stereocenters. The Morgan fingerprint density at radius 2 is 2.06 bits per heavy atom. The average molecular weight is 245 g/mol. The minimum Gasteiger partial charge on any atom is -0.396 e. The van der Waals surface area contributed by atoms with Crippen molar-refractivity contribution in [3.63, 3.8) is 0 Å². The summed E-state index contributed by atoms with van der Waals surface area (Å²) < 4.78 is 0.271. The average Bonchev–Trinajstić information content (AvgIpc) is 2.35. The van der Waals surface area contributed by atoms with Gasteiger partial charge in [-0.3, -0.25) is 4.79 Å². The first-order valence-corrected chi connectivity index (χ1v) is 7.38. The van der Waals surface area contributed by atoms with E-state index in [1.54, 1.807) is 0 Å². The van der Waals surface area contributed by atoms with E-state index in [-0.39, 0.29) is 17.3 Å². The Bertz CT molecular complexity index is 215. The number of carbonyl (C=O) groups excluding carboxylic acids is 1. The summed E-state index contributed by atoms with van der Waals surface area (Å²) in [6.45, 7) is 0.888. The molecule has 0 aromatic heterocycles. The number of aliphatic hydroxyl groups is 1. The summed E-state index contributed by atoms with van der Waals surface area (Å²) in [4.78, 5) is 11.5. The van der Waals surface area contributed by atoms with Crippen LogP contribution in [0.15, 0.2) is 0 Å². The number of amides is 1. The van der Waals surface area contributed by atoms with E-state index in [1.807, 2.05) is 11.8 Å². The Hall–Kier alpha value is -0.220. The van der Waals surface area contributed by atoms with E-state index in [9.17, 15) is 4.79 Å². The van der Waals surface area contributed by atoms with Gasteiger partial charge in [-0.2, -0.15) is 11.8 Å². The summed E-state index contributed by atoms with van der Waals surface area (Å²) in [5, 5.41) is 11.7. The highest BCUT2D eigenvalue weighted by Gasteiger charge is 2.31. The van der Waals surface area contributed by atoms with Crippen molar-refractivity contribution >= 4 is 17.7 Å². The number of thioether (sulfide) groups is 1. The zero-order valence-electron chi connectivity index (χ0n) is 10.1. The van der Waals surface area contributed by atoms with Crippen molar-refractivity contribution < 1.29 is 9.90 Å². The third-order valence-corrected chi connectivity index (χ3v) is 4.79. The molecule has 2 N–H and O–H groups in total. The predicted molar refractivity (Wildman–Crippen MR) is 68.7 cm³/mol. The first-order valence-electron chi connectivity index (χ1n) is 6.15. The quantitative estimate of drug-likeness (QED) is 0.752. The van der Waals surface area contributed by atoms with Crippen LogP contribution in [0.5, 0.6) is 0 Å². The molecule has 1 aliphatic carbocycles. The summed E-state index contributed by atoms with van der Waals surface area (Å²) in [5.41, 5.74) is 0. The Morgan fingerprint density at radius 3 is 2.62 bits per heavy atom. The van der Waals surface area contributed by atoms with E-state index in [4.69, 9.17) is 5.11 Å². The molecule has 0 bridgehead atoms. The van der Waals surface area contributed by atoms with Crippen molar-refractivity contribution in [2.24, 2.45) is 0 Å². The lowest BCUT2D eigenvalue weighted by atomic mass is 9.88. The van der Waals surface area contributed by atoms with Gasteiger partial charge in [0, 0.05) is 24.3 Å². The Labute approximate surface area is 102 Å². The van der Waals surface area contributed by atoms with Crippen molar-refractivity contribution in [3.8, 4) is 0 Å². The molecule has 0 radical (unpaired) electrons. The number of hydrogen-bond acceptors (Lipinski definition) is 3. The molecule has 1 rings (SSSR count). The summed E-state index contributed by atoms with van der Waals surface area (Å²) in [5.74, 6) is 0.0769. The van der Waals surface area contributed by atoms with Gasteiger partial charge in [0.2, 0.25) is 5.91 Å². The van der Waals surface area contributed by atoms with Gasteiger partial charge in [-0.25, -0.2) is 0 Å². The fraction of sp³-hybridized carbons (Fsp3) is 0.917. The second-order valence-corrected chi connectivity index (χ2v) is 5.83. The molecule has 3 nitrogen and oxygen atoms in total. The molecule has 1 saturated carbocycles. The third-order valence-electron chi connectivity index (χ3n) is 3.37. The van der Waals surface area contributed by atoms with E-state index in [2.05, 4.69) is 11.6 Å². The molecule has 16 heavy (non-hydrogen) atoms. The summed E-state index contributed by atoms with van der Waals surface area (Å²) >= 11 is 1.89. The van der Waals surface area contributed by atoms with Crippen molar-refractivity contribution in [1.82, 2.24) is 5.32 Å². The summed E-state index contributed by atoms with van der Waals surface area (Å²) in [6.07, 6.45) is 9.49. The van der Waals surface area contributed by atoms with E-state index in [0.717, 1.165) is 6.54 Å². The van der Waals surface area contributed by atoms with Crippen LogP contribution in [0.1, 0.15) is 44.9 Å².